The van der Waals surface area contributed by atoms with Gasteiger partial charge in [0.25, 0.3) is 5.91 Å². The van der Waals surface area contributed by atoms with Gasteiger partial charge in [-0.05, 0) is 13.8 Å². The van der Waals surface area contributed by atoms with E-state index in [0.29, 0.717) is 11.3 Å². The Morgan fingerprint density at radius 3 is 2.47 bits per heavy atom. The highest BCUT2D eigenvalue weighted by Gasteiger charge is 2.26. The second-order valence-corrected chi connectivity index (χ2v) is 3.80. The Kier molecular flexibility index (Phi) is 3.84. The molecule has 1 rings (SSSR count). The van der Waals surface area contributed by atoms with Gasteiger partial charge in [-0.1, -0.05) is 0 Å². The van der Waals surface area contributed by atoms with E-state index in [4.69, 9.17) is 5.11 Å². The fraction of sp³-hybridized carbons (Fsp3) is 0.500. The molecule has 1 aromatic rings. The maximum atomic E-state index is 11.8. The smallest absolute Gasteiger partial charge is 0.328 e. The molecule has 0 aliphatic heterocycles. The van der Waals surface area contributed by atoms with Crippen LogP contribution in [0.25, 0.3) is 0 Å². The molecule has 1 amide bonds. The van der Waals surface area contributed by atoms with Crippen LogP contribution >= 0.6 is 0 Å². The number of nitrogens with one attached hydrogen (secondary N) is 1. The highest BCUT2D eigenvalue weighted by molar-refractivity contribution is 5.97. The minimum absolute atomic E-state index is 0.291. The highest BCUT2D eigenvalue weighted by Crippen LogP contribution is 2.06. The predicted octanol–water partition coefficient (Wildman–Crippen LogP) is -0.708. The minimum Gasteiger partial charge on any atom is -0.480 e. The maximum Gasteiger partial charge on any atom is 0.328 e. The summed E-state index contributed by atoms with van der Waals surface area (Å²) in [6.07, 6.45) is 0.180. The largest absolute Gasteiger partial charge is 0.480 e. The van der Waals surface area contributed by atoms with Gasteiger partial charge in [-0.3, -0.25) is 9.48 Å². The second kappa shape index (κ2) is 4.96. The van der Waals surface area contributed by atoms with Crippen molar-refractivity contribution in [1.29, 1.82) is 0 Å². The maximum absolute atomic E-state index is 11.8. The fourth-order valence-electron chi connectivity index (χ4n) is 1.33. The van der Waals surface area contributed by atoms with Crippen molar-refractivity contribution in [3.8, 4) is 0 Å². The number of nitrogens with zero attached hydrogens (tertiary/aromatic N) is 2. The van der Waals surface area contributed by atoms with Crippen molar-refractivity contribution < 1.29 is 19.8 Å². The summed E-state index contributed by atoms with van der Waals surface area (Å²) in [5.41, 5.74) is 0.914. The normalized spacial score (nSPS) is 14.1. The number of rotatable bonds is 4. The molecule has 1 aromatic heterocycles. The lowest BCUT2D eigenvalue weighted by Gasteiger charge is -2.16. The van der Waals surface area contributed by atoms with E-state index < -0.39 is 24.0 Å². The van der Waals surface area contributed by atoms with E-state index in [2.05, 4.69) is 10.4 Å². The third-order valence-electron chi connectivity index (χ3n) is 2.51. The van der Waals surface area contributed by atoms with Crippen molar-refractivity contribution in [1.82, 2.24) is 15.1 Å². The van der Waals surface area contributed by atoms with Gasteiger partial charge in [-0.15, -0.1) is 0 Å². The molecule has 0 aromatic carbocycles. The Balaban J connectivity index is 2.85. The summed E-state index contributed by atoms with van der Waals surface area (Å²) < 4.78 is 1.51. The van der Waals surface area contributed by atoms with Gasteiger partial charge in [0.1, 0.15) is 0 Å². The lowest BCUT2D eigenvalue weighted by atomic mass is 10.1. The number of aliphatic hydroxyl groups is 1. The first-order valence-electron chi connectivity index (χ1n) is 5.05. The van der Waals surface area contributed by atoms with Crippen molar-refractivity contribution in [2.45, 2.75) is 26.0 Å². The SMILES string of the molecule is Cc1c(C(=O)NC(C(=O)O)C(C)O)cnn1C. The van der Waals surface area contributed by atoms with Gasteiger partial charge in [0.2, 0.25) is 0 Å². The zero-order valence-corrected chi connectivity index (χ0v) is 9.84. The third kappa shape index (κ3) is 2.82. The van der Waals surface area contributed by atoms with E-state index in [0.717, 1.165) is 0 Å². The Morgan fingerprint density at radius 2 is 2.12 bits per heavy atom. The number of aryl methyl sites for hydroxylation is 1. The summed E-state index contributed by atoms with van der Waals surface area (Å²) in [4.78, 5) is 22.6. The number of carboxylic acid groups (broad SMARTS) is 1. The van der Waals surface area contributed by atoms with Crippen LogP contribution < -0.4 is 5.32 Å². The Hall–Kier alpha value is -1.89. The molecule has 0 radical (unpaired) electrons. The molecule has 0 fully saturated rings. The standard InChI is InChI=1S/C10H15N3O4/c1-5-7(4-11-13(5)3)9(15)12-8(6(2)14)10(16)17/h4,6,8,14H,1-3H3,(H,12,15)(H,16,17). The molecule has 0 aliphatic carbocycles. The van der Waals surface area contributed by atoms with Gasteiger partial charge in [0.15, 0.2) is 6.04 Å². The number of aromatic nitrogens is 2. The van der Waals surface area contributed by atoms with Crippen LogP contribution in [0.1, 0.15) is 23.0 Å². The second-order valence-electron chi connectivity index (χ2n) is 3.80. The molecule has 7 nitrogen and oxygen atoms in total. The van der Waals surface area contributed by atoms with Crippen molar-refractivity contribution in [3.05, 3.63) is 17.5 Å². The zero-order valence-electron chi connectivity index (χ0n) is 9.84. The minimum atomic E-state index is -1.33. The number of hydrogen-bond acceptors (Lipinski definition) is 4. The van der Waals surface area contributed by atoms with E-state index in [-0.39, 0.29) is 0 Å². The molecular weight excluding hydrogens is 226 g/mol. The van der Waals surface area contributed by atoms with Gasteiger partial charge in [-0.25, -0.2) is 4.79 Å². The number of carbonyl (C=O) groups excluding carboxylic acids is 1. The first-order chi connectivity index (χ1) is 7.84. The molecular formula is C10H15N3O4. The quantitative estimate of drug-likeness (QED) is 0.646. The van der Waals surface area contributed by atoms with Gasteiger partial charge >= 0.3 is 5.97 Å². The lowest BCUT2D eigenvalue weighted by molar-refractivity contribution is -0.141. The molecule has 0 aliphatic rings. The van der Waals surface area contributed by atoms with Crippen LogP contribution in [0.5, 0.6) is 0 Å². The number of aliphatic carboxylic acids is 1. The number of carboxylic acids is 1. The average molecular weight is 241 g/mol. The molecule has 3 N–H and O–H groups in total. The van der Waals surface area contributed by atoms with Crippen LogP contribution in [0.3, 0.4) is 0 Å². The topological polar surface area (TPSA) is 104 Å². The number of hydrogen-bond donors (Lipinski definition) is 3. The van der Waals surface area contributed by atoms with E-state index >= 15 is 0 Å². The van der Waals surface area contributed by atoms with Crippen molar-refractivity contribution in [2.24, 2.45) is 7.05 Å². The van der Waals surface area contributed by atoms with Crippen molar-refractivity contribution >= 4 is 11.9 Å². The number of carbonyl (C=O) groups is 2. The first kappa shape index (κ1) is 13.2. The Morgan fingerprint density at radius 1 is 1.53 bits per heavy atom. The Labute approximate surface area is 98.1 Å². The van der Waals surface area contributed by atoms with E-state index in [9.17, 15) is 14.7 Å². The summed E-state index contributed by atoms with van der Waals surface area (Å²) in [6.45, 7) is 3.00. The fourth-order valence-corrected chi connectivity index (χ4v) is 1.33. The molecule has 94 valence electrons. The van der Waals surface area contributed by atoms with Gasteiger partial charge in [0, 0.05) is 12.7 Å². The summed E-state index contributed by atoms with van der Waals surface area (Å²) in [5.74, 6) is -1.85. The molecule has 0 saturated carbocycles. The molecule has 0 spiro atoms. The third-order valence-corrected chi connectivity index (χ3v) is 2.51. The van der Waals surface area contributed by atoms with Gasteiger partial charge in [-0.2, -0.15) is 5.10 Å². The van der Waals surface area contributed by atoms with Crippen LogP contribution in [0.2, 0.25) is 0 Å². The van der Waals surface area contributed by atoms with Crippen molar-refractivity contribution in [2.75, 3.05) is 0 Å². The molecule has 0 saturated heterocycles. The predicted molar refractivity (Wildman–Crippen MR) is 58.5 cm³/mol. The molecule has 7 heteroatoms. The van der Waals surface area contributed by atoms with Crippen LogP contribution in [0.15, 0.2) is 6.20 Å². The monoisotopic (exact) mass is 241 g/mol. The average Bonchev–Trinajstić information content (AvgIpc) is 2.55. The van der Waals surface area contributed by atoms with E-state index in [1.807, 2.05) is 0 Å². The molecule has 1 heterocycles. The van der Waals surface area contributed by atoms with Gasteiger partial charge < -0.3 is 15.5 Å². The highest BCUT2D eigenvalue weighted by atomic mass is 16.4. The van der Waals surface area contributed by atoms with Crippen molar-refractivity contribution in [3.63, 3.8) is 0 Å². The summed E-state index contributed by atoms with van der Waals surface area (Å²) in [5, 5.41) is 24.2. The Bertz CT molecular complexity index is 439. The summed E-state index contributed by atoms with van der Waals surface area (Å²) in [7, 11) is 1.68. The zero-order chi connectivity index (χ0) is 13.2. The number of aliphatic hydroxyl groups excluding tert-OH is 1. The van der Waals surface area contributed by atoms with Crippen LogP contribution in [0, 0.1) is 6.92 Å². The first-order valence-corrected chi connectivity index (χ1v) is 5.05. The van der Waals surface area contributed by atoms with Crippen LogP contribution in [-0.4, -0.2) is 44.0 Å². The van der Waals surface area contributed by atoms with Gasteiger partial charge in [0.05, 0.1) is 17.9 Å². The van der Waals surface area contributed by atoms with Crippen LogP contribution in [0.4, 0.5) is 0 Å². The van der Waals surface area contributed by atoms with E-state index in [1.54, 1.807) is 14.0 Å². The molecule has 17 heavy (non-hydrogen) atoms. The van der Waals surface area contributed by atoms with E-state index in [1.165, 1.54) is 17.8 Å². The molecule has 0 bridgehead atoms. The lowest BCUT2D eigenvalue weighted by Crippen LogP contribution is -2.47. The summed E-state index contributed by atoms with van der Waals surface area (Å²) >= 11 is 0. The summed E-state index contributed by atoms with van der Waals surface area (Å²) in [6, 6.07) is -1.33. The number of amides is 1. The van der Waals surface area contributed by atoms with Crippen LogP contribution in [-0.2, 0) is 11.8 Å². The molecule has 2 unspecified atom stereocenters. The molecule has 2 atom stereocenters.